The fourth-order valence-electron chi connectivity index (χ4n) is 5.33. The molecule has 10 nitrogen and oxygen atoms in total. The molecule has 2 saturated heterocycles. The van der Waals surface area contributed by atoms with Crippen molar-refractivity contribution in [2.75, 3.05) is 33.4 Å². The Labute approximate surface area is 262 Å². The van der Waals surface area contributed by atoms with Gasteiger partial charge in [-0.3, -0.25) is 19.2 Å². The van der Waals surface area contributed by atoms with E-state index in [0.717, 1.165) is 38.3 Å². The van der Waals surface area contributed by atoms with E-state index in [1.807, 2.05) is 11.0 Å². The number of nitrogens with zero attached hydrogens (tertiary/aromatic N) is 2. The number of likely N-dealkylation sites (tertiary alicyclic amines) is 1. The molecule has 0 radical (unpaired) electrons. The van der Waals surface area contributed by atoms with E-state index < -0.39 is 24.6 Å². The average molecular weight is 654 g/mol. The number of carbonyl (C=O) groups excluding carboxylic acids is 4. The number of halogens is 5. The first-order chi connectivity index (χ1) is 20.8. The number of ether oxygens (including phenoxy) is 1. The molecule has 2 aliphatic carbocycles. The smallest absolute Gasteiger partial charge is 0.385 e. The molecule has 4 aliphatic rings. The van der Waals surface area contributed by atoms with E-state index in [1.54, 1.807) is 0 Å². The van der Waals surface area contributed by atoms with E-state index in [0.29, 0.717) is 36.5 Å². The summed E-state index contributed by atoms with van der Waals surface area (Å²) in [5.41, 5.74) is 0.484. The normalized spacial score (nSPS) is 23.8. The molecule has 258 valence electrons. The highest BCUT2D eigenvalue weighted by Crippen LogP contribution is 2.61. The minimum atomic E-state index is -5.44. The van der Waals surface area contributed by atoms with Crippen LogP contribution in [0.4, 0.5) is 22.0 Å². The molecule has 4 rings (SSSR count). The summed E-state index contributed by atoms with van der Waals surface area (Å²) in [6.07, 6.45) is -2.56. The highest BCUT2D eigenvalue weighted by atomic mass is 19.4. The van der Waals surface area contributed by atoms with Crippen LogP contribution in [0.5, 0.6) is 0 Å². The van der Waals surface area contributed by atoms with Crippen molar-refractivity contribution >= 4 is 24.6 Å². The van der Waals surface area contributed by atoms with Crippen LogP contribution in [0.15, 0.2) is 0 Å². The van der Waals surface area contributed by atoms with E-state index in [1.165, 1.54) is 7.11 Å². The highest BCUT2D eigenvalue weighted by Gasteiger charge is 2.62. The van der Waals surface area contributed by atoms with Crippen LogP contribution in [0.2, 0.25) is 0 Å². The second-order valence-corrected chi connectivity index (χ2v) is 13.2. The van der Waals surface area contributed by atoms with E-state index in [9.17, 15) is 41.1 Å². The molecule has 0 aromatic rings. The fourth-order valence-corrected chi connectivity index (χ4v) is 5.33. The monoisotopic (exact) mass is 653 g/mol. The number of nitrogens with one attached hydrogen (secondary N) is 3. The van der Waals surface area contributed by atoms with Crippen molar-refractivity contribution in [3.8, 4) is 6.07 Å². The lowest BCUT2D eigenvalue weighted by molar-refractivity contribution is -0.285. The fraction of sp³-hybridized carbons (Fsp3) is 0.833. The molecule has 0 aromatic heterocycles. The minimum Gasteiger partial charge on any atom is -0.385 e. The summed E-state index contributed by atoms with van der Waals surface area (Å²) in [4.78, 5) is 45.1. The lowest BCUT2D eigenvalue weighted by Crippen LogP contribution is -2.38. The molecule has 4 fully saturated rings. The SMILES string of the molecule is CC(C)C.CC1(C)C2CN(C(=O)CNC=O)CC21.COCCCC(F)(F)C(F)(F)F.N#CC(CC1CC2(CC2)NC1=O)NC=O. The Balaban J connectivity index is 0.000000320. The van der Waals surface area contributed by atoms with Crippen LogP contribution < -0.4 is 16.0 Å². The van der Waals surface area contributed by atoms with Gasteiger partial charge in [-0.25, -0.2) is 0 Å². The number of carbonyl (C=O) groups is 4. The zero-order valence-electron chi connectivity index (χ0n) is 26.9. The van der Waals surface area contributed by atoms with Crippen LogP contribution >= 0.6 is 0 Å². The number of nitriles is 1. The van der Waals surface area contributed by atoms with Crippen molar-refractivity contribution in [1.29, 1.82) is 5.26 Å². The minimum absolute atomic E-state index is 0.0282. The molecule has 15 heteroatoms. The number of piperidine rings is 1. The topological polar surface area (TPSA) is 141 Å². The third-order valence-corrected chi connectivity index (χ3v) is 8.26. The summed E-state index contributed by atoms with van der Waals surface area (Å²) >= 11 is 0. The van der Waals surface area contributed by atoms with Crippen molar-refractivity contribution in [1.82, 2.24) is 20.9 Å². The van der Waals surface area contributed by atoms with Gasteiger partial charge in [-0.1, -0.05) is 34.6 Å². The van der Waals surface area contributed by atoms with Gasteiger partial charge in [-0.15, -0.1) is 0 Å². The quantitative estimate of drug-likeness (QED) is 0.176. The first kappa shape index (κ1) is 40.0. The van der Waals surface area contributed by atoms with Crippen LogP contribution in [0.1, 0.15) is 73.1 Å². The number of hydrogen-bond acceptors (Lipinski definition) is 6. The van der Waals surface area contributed by atoms with Crippen molar-refractivity contribution < 1.29 is 45.9 Å². The van der Waals surface area contributed by atoms with Crippen LogP contribution in [0, 0.1) is 40.4 Å². The molecule has 2 aliphatic heterocycles. The van der Waals surface area contributed by atoms with Gasteiger partial charge in [-0.2, -0.15) is 27.2 Å². The van der Waals surface area contributed by atoms with Gasteiger partial charge < -0.3 is 25.6 Å². The Morgan fingerprint density at radius 3 is 2.09 bits per heavy atom. The predicted octanol–water partition coefficient (Wildman–Crippen LogP) is 3.80. The molecule has 2 heterocycles. The third kappa shape index (κ3) is 12.7. The van der Waals surface area contributed by atoms with Crippen molar-refractivity contribution in [2.24, 2.45) is 29.1 Å². The molecule has 1 spiro atoms. The Morgan fingerprint density at radius 2 is 1.69 bits per heavy atom. The molecule has 0 aromatic carbocycles. The average Bonchev–Trinajstić information content (AvgIpc) is 3.62. The molecule has 2 saturated carbocycles. The molecule has 0 bridgehead atoms. The second kappa shape index (κ2) is 17.1. The van der Waals surface area contributed by atoms with Gasteiger partial charge in [0.15, 0.2) is 0 Å². The summed E-state index contributed by atoms with van der Waals surface area (Å²) < 4.78 is 62.9. The molecular weight excluding hydrogens is 605 g/mol. The summed E-state index contributed by atoms with van der Waals surface area (Å²) in [6.45, 7) is 12.8. The maximum atomic E-state index is 12.1. The summed E-state index contributed by atoms with van der Waals surface area (Å²) in [6, 6.07) is 1.43. The van der Waals surface area contributed by atoms with Crippen molar-refractivity contribution in [2.45, 2.75) is 96.8 Å². The largest absolute Gasteiger partial charge is 0.453 e. The van der Waals surface area contributed by atoms with Gasteiger partial charge in [0.2, 0.25) is 24.6 Å². The summed E-state index contributed by atoms with van der Waals surface area (Å²) in [5, 5.41) is 16.5. The second-order valence-electron chi connectivity index (χ2n) is 13.2. The van der Waals surface area contributed by atoms with Crippen molar-refractivity contribution in [3.05, 3.63) is 0 Å². The van der Waals surface area contributed by atoms with E-state index >= 15 is 0 Å². The number of fused-ring (bicyclic) bond motifs is 1. The first-order valence-electron chi connectivity index (χ1n) is 15.1. The zero-order valence-corrected chi connectivity index (χ0v) is 26.9. The number of rotatable bonds is 11. The van der Waals surface area contributed by atoms with Crippen LogP contribution in [0.25, 0.3) is 0 Å². The van der Waals surface area contributed by atoms with Gasteiger partial charge in [0.1, 0.15) is 6.04 Å². The molecule has 45 heavy (non-hydrogen) atoms. The third-order valence-electron chi connectivity index (χ3n) is 8.26. The van der Waals surface area contributed by atoms with Crippen LogP contribution in [-0.2, 0) is 23.9 Å². The van der Waals surface area contributed by atoms with E-state index in [-0.39, 0.29) is 42.8 Å². The lowest BCUT2D eigenvalue weighted by Gasteiger charge is -2.21. The van der Waals surface area contributed by atoms with E-state index in [4.69, 9.17) is 5.26 Å². The van der Waals surface area contributed by atoms with E-state index in [2.05, 4.69) is 55.3 Å². The van der Waals surface area contributed by atoms with Gasteiger partial charge in [0.05, 0.1) is 12.6 Å². The molecule has 4 unspecified atom stereocenters. The Kier molecular flexibility index (Phi) is 15.2. The number of hydrogen-bond donors (Lipinski definition) is 3. The predicted molar refractivity (Wildman–Crippen MR) is 155 cm³/mol. The van der Waals surface area contributed by atoms with Crippen molar-refractivity contribution in [3.63, 3.8) is 0 Å². The van der Waals surface area contributed by atoms with Crippen LogP contribution in [0.3, 0.4) is 0 Å². The number of methoxy groups -OCH3 is 1. The zero-order chi connectivity index (χ0) is 34.6. The number of alkyl halides is 5. The molecule has 3 N–H and O–H groups in total. The van der Waals surface area contributed by atoms with Gasteiger partial charge in [0, 0.05) is 44.7 Å². The Morgan fingerprint density at radius 1 is 1.13 bits per heavy atom. The van der Waals surface area contributed by atoms with Gasteiger partial charge in [-0.05, 0) is 55.3 Å². The molecule has 4 atom stereocenters. The maximum Gasteiger partial charge on any atom is 0.453 e. The number of amides is 4. The molecular formula is C30H48F5N5O5. The maximum absolute atomic E-state index is 12.1. The highest BCUT2D eigenvalue weighted by molar-refractivity contribution is 5.83. The van der Waals surface area contributed by atoms with Crippen LogP contribution in [-0.4, -0.2) is 86.6 Å². The van der Waals surface area contributed by atoms with Gasteiger partial charge >= 0.3 is 12.1 Å². The summed E-state index contributed by atoms with van der Waals surface area (Å²) in [5.74, 6) is -2.44. The lowest BCUT2D eigenvalue weighted by atomic mass is 9.96. The molecule has 4 amide bonds. The Hall–Kier alpha value is -3.02. The standard InChI is InChI=1S/C10H13N3O2.C10H16N2O2.C6H9F5O.C4H10/c11-5-8(12-6-14)3-7-4-10(1-2-10)13-9(7)15;1-10(2)7-4-12(5-8(7)10)9(14)3-11-6-13;1-12-4-2-3-5(7,8)6(9,10)11;1-4(2)3/h6-8H,1-4H2,(H,12,14)(H,13,15);6-8H,3-5H2,1-2H3,(H,11,13);2-4H2,1H3;4H,1-3H3. The van der Waals surface area contributed by atoms with Gasteiger partial charge in [0.25, 0.3) is 0 Å². The first-order valence-corrected chi connectivity index (χ1v) is 15.1. The summed E-state index contributed by atoms with van der Waals surface area (Å²) in [7, 11) is 1.24. The Bertz CT molecular complexity index is 1010.